The minimum Gasteiger partial charge on any atom is -0.508 e. The average molecular weight is 533 g/mol. The maximum Gasteiger partial charge on any atom is 0.344 e. The van der Waals surface area contributed by atoms with Crippen LogP contribution in [0.3, 0.4) is 0 Å². The number of hydrogen-bond donors (Lipinski definition) is 1. The number of aromatic hydroxyl groups is 1. The Hall–Kier alpha value is -2.49. The highest BCUT2D eigenvalue weighted by atomic mass is 16.6. The van der Waals surface area contributed by atoms with Gasteiger partial charge in [0.15, 0.2) is 6.61 Å². The molecule has 212 valence electrons. The summed E-state index contributed by atoms with van der Waals surface area (Å²) in [4.78, 5) is 12.8. The molecule has 4 bridgehead atoms. The van der Waals surface area contributed by atoms with E-state index in [4.69, 9.17) is 9.47 Å². The summed E-state index contributed by atoms with van der Waals surface area (Å²) in [6, 6.07) is 16.0. The zero-order valence-corrected chi connectivity index (χ0v) is 24.4. The number of benzene rings is 2. The summed E-state index contributed by atoms with van der Waals surface area (Å²) in [6.45, 7) is 9.07. The Balaban J connectivity index is 1.06. The fourth-order valence-corrected chi connectivity index (χ4v) is 8.29. The second-order valence-electron chi connectivity index (χ2n) is 13.3. The number of hydrogen-bond acceptors (Lipinski definition) is 4. The van der Waals surface area contributed by atoms with Crippen molar-refractivity contribution >= 4 is 5.97 Å². The van der Waals surface area contributed by atoms with Gasteiger partial charge >= 0.3 is 5.97 Å². The van der Waals surface area contributed by atoms with Gasteiger partial charge in [0.25, 0.3) is 0 Å². The Morgan fingerprint density at radius 1 is 0.897 bits per heavy atom. The molecule has 3 unspecified atom stereocenters. The smallest absolute Gasteiger partial charge is 0.344 e. The lowest BCUT2D eigenvalue weighted by atomic mass is 9.50. The fourth-order valence-electron chi connectivity index (χ4n) is 8.29. The van der Waals surface area contributed by atoms with Gasteiger partial charge in [-0.05, 0) is 135 Å². The molecule has 39 heavy (non-hydrogen) atoms. The van der Waals surface area contributed by atoms with E-state index in [0.717, 1.165) is 30.4 Å². The molecule has 0 radical (unpaired) electrons. The molecule has 0 aromatic heterocycles. The number of phenolic OH excluding ortho intramolecular Hbond substituents is 1. The molecule has 1 N–H and O–H groups in total. The number of phenols is 1. The molecule has 4 fully saturated rings. The van der Waals surface area contributed by atoms with E-state index in [-0.39, 0.29) is 18.2 Å². The van der Waals surface area contributed by atoms with Gasteiger partial charge in [-0.15, -0.1) is 0 Å². The third-order valence-electron chi connectivity index (χ3n) is 10.5. The molecule has 4 heteroatoms. The van der Waals surface area contributed by atoms with E-state index in [1.54, 1.807) is 12.1 Å². The number of esters is 1. The number of rotatable bonds is 12. The van der Waals surface area contributed by atoms with Crippen LogP contribution in [-0.2, 0) is 9.53 Å². The van der Waals surface area contributed by atoms with Crippen molar-refractivity contribution < 1.29 is 19.4 Å². The van der Waals surface area contributed by atoms with Crippen LogP contribution in [-0.4, -0.2) is 23.3 Å². The van der Waals surface area contributed by atoms with Crippen molar-refractivity contribution in [2.24, 2.45) is 29.6 Å². The topological polar surface area (TPSA) is 55.8 Å². The van der Waals surface area contributed by atoms with Crippen molar-refractivity contribution in [3.8, 4) is 11.5 Å². The third-order valence-corrected chi connectivity index (χ3v) is 10.5. The zero-order valence-electron chi connectivity index (χ0n) is 24.4. The molecule has 4 aliphatic carbocycles. The van der Waals surface area contributed by atoms with Crippen LogP contribution in [0.5, 0.6) is 11.5 Å². The highest BCUT2D eigenvalue weighted by Gasteiger charge is 2.57. The Morgan fingerprint density at radius 3 is 2.08 bits per heavy atom. The fraction of sp³-hybridized carbons (Fsp3) is 0.629. The van der Waals surface area contributed by atoms with Crippen LogP contribution < -0.4 is 4.74 Å². The first kappa shape index (κ1) is 28.1. The van der Waals surface area contributed by atoms with E-state index in [0.29, 0.717) is 35.3 Å². The molecule has 0 heterocycles. The summed E-state index contributed by atoms with van der Waals surface area (Å²) < 4.78 is 12.0. The van der Waals surface area contributed by atoms with Crippen LogP contribution in [0.1, 0.15) is 108 Å². The van der Waals surface area contributed by atoms with Gasteiger partial charge in [0.2, 0.25) is 0 Å². The molecule has 4 aliphatic rings. The summed E-state index contributed by atoms with van der Waals surface area (Å²) in [5.74, 6) is 5.24. The second-order valence-corrected chi connectivity index (χ2v) is 13.3. The molecule has 2 aromatic carbocycles. The van der Waals surface area contributed by atoms with Gasteiger partial charge in [-0.2, -0.15) is 0 Å². The molecular formula is C35H48O4. The summed E-state index contributed by atoms with van der Waals surface area (Å²) in [5.41, 5.74) is 2.33. The van der Waals surface area contributed by atoms with Crippen molar-refractivity contribution in [1.29, 1.82) is 0 Å². The normalized spacial score (nSPS) is 29.5. The van der Waals surface area contributed by atoms with Crippen LogP contribution >= 0.6 is 0 Å². The van der Waals surface area contributed by atoms with Gasteiger partial charge in [0.1, 0.15) is 17.1 Å². The van der Waals surface area contributed by atoms with Gasteiger partial charge < -0.3 is 14.6 Å². The van der Waals surface area contributed by atoms with Gasteiger partial charge in [0.05, 0.1) is 0 Å². The van der Waals surface area contributed by atoms with E-state index < -0.39 is 0 Å². The quantitative estimate of drug-likeness (QED) is 0.278. The van der Waals surface area contributed by atoms with E-state index >= 15 is 0 Å². The maximum absolute atomic E-state index is 12.8. The van der Waals surface area contributed by atoms with Gasteiger partial charge in [-0.3, -0.25) is 0 Å². The van der Waals surface area contributed by atoms with Crippen molar-refractivity contribution in [3.05, 3.63) is 59.7 Å². The van der Waals surface area contributed by atoms with Gasteiger partial charge in [0, 0.05) is 0 Å². The first-order valence-electron chi connectivity index (χ1n) is 15.5. The first-order chi connectivity index (χ1) is 18.7. The van der Waals surface area contributed by atoms with E-state index in [9.17, 15) is 9.90 Å². The first-order valence-corrected chi connectivity index (χ1v) is 15.5. The summed E-state index contributed by atoms with van der Waals surface area (Å²) in [6.07, 6.45) is 10.9. The average Bonchev–Trinajstić information content (AvgIpc) is 2.92. The molecule has 3 atom stereocenters. The van der Waals surface area contributed by atoms with Crippen LogP contribution in [0.4, 0.5) is 0 Å². The van der Waals surface area contributed by atoms with Crippen molar-refractivity contribution in [2.75, 3.05) is 6.61 Å². The summed E-state index contributed by atoms with van der Waals surface area (Å²) in [7, 11) is 0. The van der Waals surface area contributed by atoms with E-state index in [1.807, 2.05) is 12.1 Å². The SMILES string of the molecule is CCC(CCC(C)CC(C)c1ccc(OCC(=O)OC2(C)C3CC4CC(C3)CC2C4)cc1)c1ccc(O)cc1. The minimum atomic E-state index is -0.301. The molecule has 0 amide bonds. The molecule has 0 saturated heterocycles. The Kier molecular flexibility index (Phi) is 8.59. The minimum absolute atomic E-state index is 0.0204. The Bertz CT molecular complexity index is 1060. The number of carbonyl (C=O) groups is 1. The molecule has 4 saturated carbocycles. The largest absolute Gasteiger partial charge is 0.508 e. The van der Waals surface area contributed by atoms with Crippen molar-refractivity contribution in [3.63, 3.8) is 0 Å². The van der Waals surface area contributed by atoms with Crippen LogP contribution in [0.2, 0.25) is 0 Å². The van der Waals surface area contributed by atoms with Crippen molar-refractivity contribution in [1.82, 2.24) is 0 Å². The van der Waals surface area contributed by atoms with E-state index in [1.165, 1.54) is 56.1 Å². The Morgan fingerprint density at radius 2 is 1.49 bits per heavy atom. The maximum atomic E-state index is 12.8. The molecule has 4 nitrogen and oxygen atoms in total. The van der Waals surface area contributed by atoms with Crippen LogP contribution in [0.25, 0.3) is 0 Å². The monoisotopic (exact) mass is 532 g/mol. The van der Waals surface area contributed by atoms with Crippen LogP contribution in [0.15, 0.2) is 48.5 Å². The molecule has 0 spiro atoms. The highest BCUT2D eigenvalue weighted by molar-refractivity contribution is 5.71. The Labute approximate surface area is 235 Å². The zero-order chi connectivity index (χ0) is 27.6. The molecular weight excluding hydrogens is 484 g/mol. The summed E-state index contributed by atoms with van der Waals surface area (Å²) in [5, 5.41) is 9.59. The number of carbonyl (C=O) groups excluding carboxylic acids is 1. The van der Waals surface area contributed by atoms with Gasteiger partial charge in [-0.25, -0.2) is 4.79 Å². The summed E-state index contributed by atoms with van der Waals surface area (Å²) >= 11 is 0. The van der Waals surface area contributed by atoms with Crippen molar-refractivity contribution in [2.45, 2.75) is 103 Å². The van der Waals surface area contributed by atoms with E-state index in [2.05, 4.69) is 52.0 Å². The van der Waals surface area contributed by atoms with Gasteiger partial charge in [-0.1, -0.05) is 51.5 Å². The van der Waals surface area contributed by atoms with Crippen LogP contribution in [0, 0.1) is 29.6 Å². The lowest BCUT2D eigenvalue weighted by Gasteiger charge is -2.59. The third kappa shape index (κ3) is 6.47. The molecule has 2 aromatic rings. The molecule has 0 aliphatic heterocycles. The lowest BCUT2D eigenvalue weighted by Crippen LogP contribution is -2.58. The highest BCUT2D eigenvalue weighted by Crippen LogP contribution is 2.59. The predicted molar refractivity (Wildman–Crippen MR) is 156 cm³/mol. The standard InChI is InChI=1S/C35H48O4/c1-5-27(29-8-12-32(36)13-9-29)7-6-23(2)16-24(3)28-10-14-33(15-11-28)38-22-34(37)39-35(4)30-18-25-17-26(20-30)21-31(35)19-25/h8-15,23-27,30-31,36H,5-7,16-22H2,1-4H3. The second kappa shape index (κ2) is 11.9. The predicted octanol–water partition coefficient (Wildman–Crippen LogP) is 8.63. The lowest BCUT2D eigenvalue weighted by molar-refractivity contribution is -0.204. The molecule has 6 rings (SSSR count). The number of ether oxygens (including phenoxy) is 2.